The molecular formula is C23H35N9. The molecular weight excluding hydrogens is 402 g/mol. The Morgan fingerprint density at radius 2 is 1.84 bits per heavy atom. The van der Waals surface area contributed by atoms with Crippen molar-refractivity contribution in [1.82, 2.24) is 25.3 Å². The summed E-state index contributed by atoms with van der Waals surface area (Å²) in [6.07, 6.45) is 4.89. The second-order valence-electron chi connectivity index (χ2n) is 7.45. The van der Waals surface area contributed by atoms with Gasteiger partial charge in [0.05, 0.1) is 11.4 Å². The van der Waals surface area contributed by atoms with Crippen molar-refractivity contribution in [2.24, 2.45) is 11.6 Å². The third-order valence-electron chi connectivity index (χ3n) is 5.18. The number of aromatic nitrogens is 3. The van der Waals surface area contributed by atoms with E-state index in [0.717, 1.165) is 16.3 Å². The predicted molar refractivity (Wildman–Crippen MR) is 134 cm³/mol. The van der Waals surface area contributed by atoms with Gasteiger partial charge in [0.1, 0.15) is 17.5 Å². The number of pyridine rings is 3. The van der Waals surface area contributed by atoms with Gasteiger partial charge in [-0.2, -0.15) is 0 Å². The molecule has 0 atom stereocenters. The maximum absolute atomic E-state index is 6.16. The summed E-state index contributed by atoms with van der Waals surface area (Å²) in [5.41, 5.74) is 14.1. The molecule has 32 heavy (non-hydrogen) atoms. The highest BCUT2D eigenvalue weighted by Gasteiger charge is 2.18. The van der Waals surface area contributed by atoms with Crippen molar-refractivity contribution in [2.75, 3.05) is 24.6 Å². The maximum Gasteiger partial charge on any atom is 0.133 e. The summed E-state index contributed by atoms with van der Waals surface area (Å²) in [4.78, 5) is 13.3. The Morgan fingerprint density at radius 3 is 2.47 bits per heavy atom. The minimum absolute atomic E-state index is 0.177. The highest BCUT2D eigenvalue weighted by Crippen LogP contribution is 2.27. The van der Waals surface area contributed by atoms with Crippen LogP contribution in [-0.4, -0.2) is 33.6 Å². The van der Waals surface area contributed by atoms with Crippen molar-refractivity contribution in [3.63, 3.8) is 0 Å². The van der Waals surface area contributed by atoms with E-state index < -0.39 is 0 Å². The van der Waals surface area contributed by atoms with E-state index in [9.17, 15) is 0 Å². The van der Waals surface area contributed by atoms with E-state index in [-0.39, 0.29) is 5.54 Å². The Labute approximate surface area is 190 Å². The van der Waals surface area contributed by atoms with Gasteiger partial charge in [-0.05, 0) is 63.0 Å². The van der Waals surface area contributed by atoms with E-state index in [0.29, 0.717) is 35.4 Å². The zero-order valence-electron chi connectivity index (χ0n) is 19.8. The molecule has 3 rings (SSSR count). The van der Waals surface area contributed by atoms with Crippen LogP contribution in [0.1, 0.15) is 45.9 Å². The monoisotopic (exact) mass is 437 g/mol. The van der Waals surface area contributed by atoms with Crippen LogP contribution in [0, 0.1) is 0 Å². The topological polar surface area (TPSA) is 144 Å². The van der Waals surface area contributed by atoms with E-state index in [1.807, 2.05) is 52.1 Å². The fourth-order valence-corrected chi connectivity index (χ4v) is 3.04. The van der Waals surface area contributed by atoms with Crippen LogP contribution in [0.3, 0.4) is 0 Å². The second-order valence-corrected chi connectivity index (χ2v) is 7.45. The van der Waals surface area contributed by atoms with Crippen LogP contribution in [-0.2, 0) is 5.54 Å². The predicted octanol–water partition coefficient (Wildman–Crippen LogP) is 3.28. The number of nitrogens with one attached hydrogen (secondary N) is 2. The number of hydrogen-bond acceptors (Lipinski definition) is 9. The van der Waals surface area contributed by atoms with E-state index in [4.69, 9.17) is 17.3 Å². The van der Waals surface area contributed by atoms with Crippen LogP contribution in [0.4, 0.5) is 17.5 Å². The molecule has 0 aliphatic rings. The average Bonchev–Trinajstić information content (AvgIpc) is 2.80. The van der Waals surface area contributed by atoms with Crippen LogP contribution in [0.2, 0.25) is 0 Å². The number of hydrogen-bond donors (Lipinski definition) is 5. The van der Waals surface area contributed by atoms with Gasteiger partial charge in [0.2, 0.25) is 0 Å². The van der Waals surface area contributed by atoms with Gasteiger partial charge in [-0.3, -0.25) is 0 Å². The van der Waals surface area contributed by atoms with Crippen LogP contribution in [0.5, 0.6) is 0 Å². The van der Waals surface area contributed by atoms with Gasteiger partial charge in [-0.1, -0.05) is 13.8 Å². The Morgan fingerprint density at radius 1 is 1.16 bits per heavy atom. The normalized spacial score (nSPS) is 11.7. The molecule has 0 aromatic carbocycles. The molecule has 3 heterocycles. The third kappa shape index (κ3) is 5.43. The summed E-state index contributed by atoms with van der Waals surface area (Å²) in [5.74, 6) is 7.72. The molecule has 0 saturated carbocycles. The summed E-state index contributed by atoms with van der Waals surface area (Å²) in [5, 5.41) is 9.69. The highest BCUT2D eigenvalue weighted by molar-refractivity contribution is 5.93. The van der Waals surface area contributed by atoms with Gasteiger partial charge in [-0.15, -0.1) is 0 Å². The molecule has 0 unspecified atom stereocenters. The largest absolute Gasteiger partial charge is 0.403 e. The van der Waals surface area contributed by atoms with Gasteiger partial charge in [-0.25, -0.2) is 20.8 Å². The Hall–Kier alpha value is -3.43. The van der Waals surface area contributed by atoms with Crippen molar-refractivity contribution >= 4 is 33.9 Å². The van der Waals surface area contributed by atoms with Crippen molar-refractivity contribution in [3.8, 4) is 0 Å². The molecule has 8 N–H and O–H groups in total. The first-order chi connectivity index (χ1) is 15.3. The molecule has 9 heteroatoms. The maximum atomic E-state index is 6.16. The molecule has 0 saturated heterocycles. The molecule has 0 amide bonds. The minimum atomic E-state index is -0.177. The van der Waals surface area contributed by atoms with Crippen LogP contribution in [0.15, 0.2) is 42.9 Å². The standard InChI is InChI=1S/C21H29N9.C2H6/c1-5-30(24)17(11-22)16-8-13-9-18(27-12-15(13)20(23)28-16)29-19-10-14(6-7-26-19)21(2,3)25-4;1-2/h6-12,25H,5,22,24H2,1-4H3,(H2,23,28)(H,26,27,29);1-2H3/b17-11-;. The van der Waals surface area contributed by atoms with Crippen molar-refractivity contribution in [1.29, 1.82) is 0 Å². The average molecular weight is 438 g/mol. The van der Waals surface area contributed by atoms with Crippen LogP contribution < -0.4 is 27.9 Å². The molecule has 0 bridgehead atoms. The number of rotatable bonds is 7. The zero-order chi connectivity index (χ0) is 23.9. The molecule has 3 aromatic heterocycles. The first-order valence-electron chi connectivity index (χ1n) is 10.7. The summed E-state index contributed by atoms with van der Waals surface area (Å²) in [7, 11) is 1.93. The lowest BCUT2D eigenvalue weighted by Gasteiger charge is -2.24. The molecule has 0 spiro atoms. The molecule has 3 aromatic rings. The van der Waals surface area contributed by atoms with Crippen molar-refractivity contribution in [3.05, 3.63) is 54.1 Å². The molecule has 0 radical (unpaired) electrons. The number of anilines is 3. The number of nitrogens with zero attached hydrogens (tertiary/aromatic N) is 4. The van der Waals surface area contributed by atoms with Gasteiger partial charge < -0.3 is 27.1 Å². The third-order valence-corrected chi connectivity index (χ3v) is 5.18. The molecule has 0 fully saturated rings. The van der Waals surface area contributed by atoms with Gasteiger partial charge in [0.15, 0.2) is 0 Å². The lowest BCUT2D eigenvalue weighted by atomic mass is 9.95. The minimum Gasteiger partial charge on any atom is -0.403 e. The van der Waals surface area contributed by atoms with E-state index >= 15 is 0 Å². The Balaban J connectivity index is 0.00000176. The second kappa shape index (κ2) is 10.7. The summed E-state index contributed by atoms with van der Waals surface area (Å²) in [6.45, 7) is 10.7. The Bertz CT molecular complexity index is 1080. The lowest BCUT2D eigenvalue weighted by Crippen LogP contribution is -2.33. The molecule has 172 valence electrons. The van der Waals surface area contributed by atoms with Gasteiger partial charge in [0.25, 0.3) is 0 Å². The van der Waals surface area contributed by atoms with Crippen LogP contribution >= 0.6 is 0 Å². The van der Waals surface area contributed by atoms with E-state index in [1.165, 1.54) is 11.2 Å². The number of fused-ring (bicyclic) bond motifs is 1. The number of hydrazine groups is 1. The lowest BCUT2D eigenvalue weighted by molar-refractivity contribution is 0.438. The van der Waals surface area contributed by atoms with Gasteiger partial charge >= 0.3 is 0 Å². The Kier molecular flexibility index (Phi) is 8.34. The summed E-state index contributed by atoms with van der Waals surface area (Å²) in [6, 6.07) is 7.77. The number of nitrogens with two attached hydrogens (primary N) is 3. The van der Waals surface area contributed by atoms with Crippen LogP contribution in [0.25, 0.3) is 16.5 Å². The molecule has 9 nitrogen and oxygen atoms in total. The van der Waals surface area contributed by atoms with Crippen molar-refractivity contribution in [2.45, 2.75) is 40.2 Å². The first-order valence-corrected chi connectivity index (χ1v) is 10.7. The van der Waals surface area contributed by atoms with Crippen molar-refractivity contribution < 1.29 is 0 Å². The summed E-state index contributed by atoms with van der Waals surface area (Å²) < 4.78 is 0. The smallest absolute Gasteiger partial charge is 0.133 e. The molecule has 0 aliphatic carbocycles. The zero-order valence-corrected chi connectivity index (χ0v) is 19.8. The number of nitrogen functional groups attached to an aromatic ring is 1. The first kappa shape index (κ1) is 24.8. The quantitative estimate of drug-likeness (QED) is 0.278. The summed E-state index contributed by atoms with van der Waals surface area (Å²) >= 11 is 0. The fraction of sp³-hybridized carbons (Fsp3) is 0.348. The highest BCUT2D eigenvalue weighted by atomic mass is 15.4. The van der Waals surface area contributed by atoms with E-state index in [1.54, 1.807) is 12.4 Å². The molecule has 0 aliphatic heterocycles. The fourth-order valence-electron chi connectivity index (χ4n) is 3.04. The SMILES string of the molecule is CC.CCN(N)/C(=C\N)c1cc2cc(Nc3cc(C(C)(C)NC)ccn3)ncc2c(N)n1. The van der Waals surface area contributed by atoms with E-state index in [2.05, 4.69) is 39.4 Å². The van der Waals surface area contributed by atoms with Gasteiger partial charge in [0, 0.05) is 36.1 Å².